The van der Waals surface area contributed by atoms with Gasteiger partial charge in [0.2, 0.25) is 0 Å². The topological polar surface area (TPSA) is 20.2 Å². The molecule has 0 bridgehead atoms. The predicted octanol–water partition coefficient (Wildman–Crippen LogP) is 3.55. The van der Waals surface area contributed by atoms with Crippen LogP contribution in [0.3, 0.4) is 0 Å². The maximum absolute atomic E-state index is 15.3. The van der Waals surface area contributed by atoms with Crippen molar-refractivity contribution in [1.82, 2.24) is 0 Å². The highest BCUT2D eigenvalue weighted by molar-refractivity contribution is 6.88. The zero-order chi connectivity index (χ0) is 13.8. The van der Waals surface area contributed by atoms with Crippen molar-refractivity contribution in [3.05, 3.63) is 29.8 Å². The smallest absolute Gasteiger partial charge is 0.282 e. The number of aliphatic hydroxyl groups is 1. The summed E-state index contributed by atoms with van der Waals surface area (Å²) in [4.78, 5) is 0. The van der Waals surface area contributed by atoms with Crippen LogP contribution in [0.2, 0.25) is 11.1 Å². The number of aliphatic hydroxyl groups excluding tert-OH is 1. The predicted molar refractivity (Wildman–Crippen MR) is 78.5 cm³/mol. The first kappa shape index (κ1) is 15.4. The van der Waals surface area contributed by atoms with Gasteiger partial charge in [0, 0.05) is 6.61 Å². The normalized spacial score (nSPS) is 12.4. The van der Waals surface area contributed by atoms with Crippen LogP contribution in [0.5, 0.6) is 0 Å². The third kappa shape index (κ3) is 3.21. The van der Waals surface area contributed by atoms with Crippen molar-refractivity contribution in [1.29, 1.82) is 0 Å². The highest BCUT2D eigenvalue weighted by Crippen LogP contribution is 2.33. The van der Waals surface area contributed by atoms with Crippen molar-refractivity contribution in [2.75, 3.05) is 6.61 Å². The first-order chi connectivity index (χ1) is 8.42. The molecule has 0 radical (unpaired) electrons. The van der Waals surface area contributed by atoms with Gasteiger partial charge in [0.25, 0.3) is 8.41 Å². The summed E-state index contributed by atoms with van der Waals surface area (Å²) in [5, 5.41) is 9.71. The van der Waals surface area contributed by atoms with Crippen LogP contribution in [0.4, 0.5) is 4.11 Å². The summed E-state index contributed by atoms with van der Waals surface area (Å²) in [5.41, 5.74) is 1.37. The molecule has 18 heavy (non-hydrogen) atoms. The third-order valence-corrected chi connectivity index (χ3v) is 8.28. The van der Waals surface area contributed by atoms with E-state index in [4.69, 9.17) is 5.11 Å². The minimum atomic E-state index is -2.88. The fourth-order valence-electron chi connectivity index (χ4n) is 2.54. The minimum absolute atomic E-state index is 0.0980. The van der Waals surface area contributed by atoms with Gasteiger partial charge in [0.1, 0.15) is 0 Å². The van der Waals surface area contributed by atoms with Crippen LogP contribution in [0, 0.1) is 0 Å². The van der Waals surface area contributed by atoms with Crippen molar-refractivity contribution in [2.24, 2.45) is 0 Å². The number of hydrogen-bond donors (Lipinski definition) is 1. The zero-order valence-corrected chi connectivity index (χ0v) is 12.9. The molecule has 0 heterocycles. The number of aryl methyl sites for hydroxylation is 1. The molecule has 0 aromatic heterocycles. The average molecular weight is 267 g/mol. The summed E-state index contributed by atoms with van der Waals surface area (Å²) in [7, 11) is -2.88. The van der Waals surface area contributed by atoms with Crippen molar-refractivity contribution in [2.45, 2.75) is 51.6 Å². The lowest BCUT2D eigenvalue weighted by Crippen LogP contribution is -2.49. The van der Waals surface area contributed by atoms with E-state index >= 15 is 4.11 Å². The number of halogens is 1. The van der Waals surface area contributed by atoms with Crippen LogP contribution in [0.1, 0.15) is 39.7 Å². The quantitative estimate of drug-likeness (QED) is 0.617. The molecule has 1 nitrogen and oxygen atoms in total. The molecule has 0 spiro atoms. The van der Waals surface area contributed by atoms with Crippen molar-refractivity contribution >= 4 is 13.6 Å². The molecule has 1 N–H and O–H groups in total. The molecule has 0 saturated heterocycles. The number of rotatable bonds is 6. The van der Waals surface area contributed by atoms with Gasteiger partial charge < -0.3 is 9.21 Å². The van der Waals surface area contributed by atoms with Gasteiger partial charge in [-0.3, -0.25) is 0 Å². The molecular formula is C15H25FOSi. The van der Waals surface area contributed by atoms with Crippen LogP contribution in [0.25, 0.3) is 0 Å². The number of hydrogen-bond acceptors (Lipinski definition) is 1. The standard InChI is InChI=1S/C15H25FOSi/c1-12(2)18(16,13(3)4)15-9-7-14(8-10-15)6-5-11-17/h7-10,12-13,17H,5-6,11H2,1-4H3/i16-1. The SMILES string of the molecule is CC(C)[Si]([18F])(c1ccc(CCCO)cc1)C(C)C. The minimum Gasteiger partial charge on any atom is -0.396 e. The summed E-state index contributed by atoms with van der Waals surface area (Å²) in [6.45, 7) is 8.18. The molecule has 1 rings (SSSR count). The Balaban J connectivity index is 2.95. The van der Waals surface area contributed by atoms with Gasteiger partial charge >= 0.3 is 0 Å². The Hall–Kier alpha value is -0.673. The van der Waals surface area contributed by atoms with E-state index in [2.05, 4.69) is 0 Å². The van der Waals surface area contributed by atoms with Crippen molar-refractivity contribution in [3.8, 4) is 0 Å². The van der Waals surface area contributed by atoms with Gasteiger partial charge in [-0.25, -0.2) is 0 Å². The summed E-state index contributed by atoms with van der Waals surface area (Å²) < 4.78 is 15.3. The molecule has 0 unspecified atom stereocenters. The Morgan fingerprint density at radius 3 is 1.94 bits per heavy atom. The fourth-order valence-corrected chi connectivity index (χ4v) is 5.89. The van der Waals surface area contributed by atoms with Crippen LogP contribution in [-0.2, 0) is 6.42 Å². The molecule has 1 aromatic rings. The van der Waals surface area contributed by atoms with E-state index in [1.165, 1.54) is 5.56 Å². The first-order valence-corrected chi connectivity index (χ1v) is 8.85. The summed E-state index contributed by atoms with van der Waals surface area (Å²) in [5.74, 6) is 0. The molecular weight excluding hydrogens is 242 g/mol. The van der Waals surface area contributed by atoms with Crippen molar-refractivity contribution in [3.63, 3.8) is 0 Å². The molecule has 0 fully saturated rings. The third-order valence-electron chi connectivity index (χ3n) is 3.70. The maximum Gasteiger partial charge on any atom is 0.282 e. The summed E-state index contributed by atoms with van der Waals surface area (Å²) in [6.07, 6.45) is 1.63. The molecule has 0 atom stereocenters. The van der Waals surface area contributed by atoms with E-state index < -0.39 is 8.41 Å². The largest absolute Gasteiger partial charge is 0.396 e. The molecule has 0 amide bonds. The molecule has 0 saturated carbocycles. The highest BCUT2D eigenvalue weighted by atomic mass is 28.4. The summed E-state index contributed by atoms with van der Waals surface area (Å²) >= 11 is 0. The Bertz CT molecular complexity index is 351. The number of benzene rings is 1. The second kappa shape index (κ2) is 6.48. The Morgan fingerprint density at radius 2 is 1.56 bits per heavy atom. The van der Waals surface area contributed by atoms with Crippen molar-refractivity contribution < 1.29 is 9.21 Å². The maximum atomic E-state index is 15.3. The second-order valence-electron chi connectivity index (χ2n) is 5.60. The fraction of sp³-hybridized carbons (Fsp3) is 0.600. The average Bonchev–Trinajstić information content (AvgIpc) is 2.35. The van der Waals surface area contributed by atoms with Crippen LogP contribution in [0.15, 0.2) is 24.3 Å². The second-order valence-corrected chi connectivity index (χ2v) is 10.0. The lowest BCUT2D eigenvalue weighted by atomic mass is 10.1. The van der Waals surface area contributed by atoms with E-state index in [1.807, 2.05) is 52.0 Å². The van der Waals surface area contributed by atoms with Gasteiger partial charge in [0.05, 0.1) is 0 Å². The molecule has 102 valence electrons. The highest BCUT2D eigenvalue weighted by Gasteiger charge is 2.43. The van der Waals surface area contributed by atoms with Crippen LogP contribution in [-0.4, -0.2) is 20.1 Å². The first-order valence-electron chi connectivity index (χ1n) is 6.82. The van der Waals surface area contributed by atoms with Gasteiger partial charge in [-0.2, -0.15) is 0 Å². The monoisotopic (exact) mass is 267 g/mol. The van der Waals surface area contributed by atoms with Gasteiger partial charge in [-0.1, -0.05) is 52.0 Å². The Kier molecular flexibility index (Phi) is 5.54. The zero-order valence-electron chi connectivity index (χ0n) is 11.9. The molecule has 0 aliphatic rings. The van der Waals surface area contributed by atoms with Gasteiger partial charge in [-0.05, 0) is 34.7 Å². The van der Waals surface area contributed by atoms with Crippen LogP contribution >= 0.6 is 0 Å². The lowest BCUT2D eigenvalue weighted by Gasteiger charge is -2.30. The molecule has 3 heteroatoms. The Morgan fingerprint density at radius 1 is 1.06 bits per heavy atom. The van der Waals surface area contributed by atoms with E-state index in [1.54, 1.807) is 0 Å². The lowest BCUT2D eigenvalue weighted by molar-refractivity contribution is 0.288. The van der Waals surface area contributed by atoms with Gasteiger partial charge in [-0.15, -0.1) is 0 Å². The Labute approximate surface area is 111 Å². The van der Waals surface area contributed by atoms with E-state index in [0.29, 0.717) is 0 Å². The summed E-state index contributed by atoms with van der Waals surface area (Å²) in [6, 6.07) is 7.94. The van der Waals surface area contributed by atoms with Gasteiger partial charge in [0.15, 0.2) is 0 Å². The van der Waals surface area contributed by atoms with E-state index in [0.717, 1.165) is 18.0 Å². The molecule has 0 aliphatic carbocycles. The van der Waals surface area contributed by atoms with Crippen LogP contribution < -0.4 is 5.19 Å². The molecule has 0 aliphatic heterocycles. The molecule has 1 aromatic carbocycles. The van der Waals surface area contributed by atoms with E-state index in [-0.39, 0.29) is 17.7 Å². The van der Waals surface area contributed by atoms with E-state index in [9.17, 15) is 0 Å².